The molecule has 0 bridgehead atoms. The number of hydrogen-bond donors (Lipinski definition) is 1. The second kappa shape index (κ2) is 11.3. The van der Waals surface area contributed by atoms with E-state index in [0.717, 1.165) is 38.4 Å². The zero-order valence-electron chi connectivity index (χ0n) is 15.5. The molecule has 5 nitrogen and oxygen atoms in total. The second-order valence-electron chi connectivity index (χ2n) is 6.11. The number of carbonyl (C=O) groups is 1. The molecule has 2 rings (SSSR count). The lowest BCUT2D eigenvalue weighted by molar-refractivity contribution is -0.149. The zero-order valence-corrected chi connectivity index (χ0v) is 17.8. The number of aryl methyl sites for hydroxylation is 1. The molecule has 0 unspecified atom stereocenters. The minimum Gasteiger partial charge on any atom is -0.466 e. The largest absolute Gasteiger partial charge is 0.466 e. The van der Waals surface area contributed by atoms with E-state index in [1.165, 1.54) is 11.1 Å². The fourth-order valence-corrected chi connectivity index (χ4v) is 2.96. The van der Waals surface area contributed by atoms with E-state index in [1.54, 1.807) is 0 Å². The smallest absolute Gasteiger partial charge is 0.309 e. The summed E-state index contributed by atoms with van der Waals surface area (Å²) in [6, 6.07) is 8.33. The average Bonchev–Trinajstić information content (AvgIpc) is 2.60. The molecule has 0 amide bonds. The molecule has 0 radical (unpaired) electrons. The van der Waals surface area contributed by atoms with Gasteiger partial charge in [0.25, 0.3) is 0 Å². The van der Waals surface area contributed by atoms with Gasteiger partial charge in [0.15, 0.2) is 5.96 Å². The lowest BCUT2D eigenvalue weighted by Gasteiger charge is -2.33. The van der Waals surface area contributed by atoms with Crippen LogP contribution in [0.4, 0.5) is 0 Å². The minimum atomic E-state index is -0.0565. The third-order valence-corrected chi connectivity index (χ3v) is 4.41. The summed E-state index contributed by atoms with van der Waals surface area (Å²) in [6.45, 7) is 9.69. The number of rotatable bonds is 5. The second-order valence-corrected chi connectivity index (χ2v) is 6.11. The van der Waals surface area contributed by atoms with Crippen LogP contribution in [0.5, 0.6) is 0 Å². The van der Waals surface area contributed by atoms with Crippen molar-refractivity contribution in [2.45, 2.75) is 40.2 Å². The van der Waals surface area contributed by atoms with E-state index in [-0.39, 0.29) is 35.9 Å². The molecule has 1 fully saturated rings. The van der Waals surface area contributed by atoms with Crippen LogP contribution in [0.1, 0.15) is 37.8 Å². The molecule has 0 saturated carbocycles. The number of aliphatic imine (C=N–C) groups is 1. The maximum atomic E-state index is 11.9. The molecule has 1 aliphatic heterocycles. The average molecular weight is 459 g/mol. The van der Waals surface area contributed by atoms with Gasteiger partial charge in [0.1, 0.15) is 0 Å². The molecule has 1 N–H and O–H groups in total. The lowest BCUT2D eigenvalue weighted by Crippen LogP contribution is -2.46. The van der Waals surface area contributed by atoms with Gasteiger partial charge in [-0.05, 0) is 44.7 Å². The summed E-state index contributed by atoms with van der Waals surface area (Å²) in [4.78, 5) is 18.9. The van der Waals surface area contributed by atoms with Gasteiger partial charge in [0, 0.05) is 19.6 Å². The first-order valence-corrected chi connectivity index (χ1v) is 8.90. The number of halogens is 1. The van der Waals surface area contributed by atoms with Crippen molar-refractivity contribution < 1.29 is 9.53 Å². The molecule has 1 aromatic carbocycles. The summed E-state index contributed by atoms with van der Waals surface area (Å²) in [5, 5.41) is 3.37. The number of nitrogens with one attached hydrogen (secondary N) is 1. The van der Waals surface area contributed by atoms with Gasteiger partial charge in [-0.2, -0.15) is 0 Å². The highest BCUT2D eigenvalue weighted by Gasteiger charge is 2.27. The lowest BCUT2D eigenvalue weighted by atomic mass is 9.97. The Labute approximate surface area is 168 Å². The summed E-state index contributed by atoms with van der Waals surface area (Å²) < 4.78 is 5.14. The van der Waals surface area contributed by atoms with E-state index in [0.29, 0.717) is 13.2 Å². The van der Waals surface area contributed by atoms with Crippen LogP contribution in [0, 0.1) is 12.8 Å². The SMILES string of the molecule is CCNC(=NCc1ccccc1C)N1CCC(C(=O)OCC)CC1.I. The maximum absolute atomic E-state index is 11.9. The first kappa shape index (κ1) is 21.7. The van der Waals surface area contributed by atoms with Gasteiger partial charge in [-0.15, -0.1) is 24.0 Å². The predicted molar refractivity (Wildman–Crippen MR) is 112 cm³/mol. The quantitative estimate of drug-likeness (QED) is 0.318. The van der Waals surface area contributed by atoms with Crippen molar-refractivity contribution in [3.05, 3.63) is 35.4 Å². The van der Waals surface area contributed by atoms with Gasteiger partial charge in [-0.3, -0.25) is 4.79 Å². The number of guanidine groups is 1. The number of nitrogens with zero attached hydrogens (tertiary/aromatic N) is 2. The summed E-state index contributed by atoms with van der Waals surface area (Å²) >= 11 is 0. The molecular weight excluding hydrogens is 429 g/mol. The van der Waals surface area contributed by atoms with Crippen molar-refractivity contribution in [3.8, 4) is 0 Å². The molecule has 6 heteroatoms. The van der Waals surface area contributed by atoms with Crippen molar-refractivity contribution in [2.75, 3.05) is 26.2 Å². The van der Waals surface area contributed by atoms with Crippen LogP contribution < -0.4 is 5.32 Å². The Balaban J connectivity index is 0.00000312. The molecule has 1 aromatic rings. The third kappa shape index (κ3) is 6.49. The first-order chi connectivity index (χ1) is 11.7. The van der Waals surface area contributed by atoms with Crippen LogP contribution in [0.3, 0.4) is 0 Å². The molecule has 1 saturated heterocycles. The number of hydrogen-bond acceptors (Lipinski definition) is 3. The summed E-state index contributed by atoms with van der Waals surface area (Å²) in [5.74, 6) is 0.905. The molecule has 1 heterocycles. The van der Waals surface area contributed by atoms with Crippen LogP contribution in [-0.2, 0) is 16.1 Å². The van der Waals surface area contributed by atoms with Gasteiger partial charge in [-0.25, -0.2) is 4.99 Å². The van der Waals surface area contributed by atoms with Crippen molar-refractivity contribution in [3.63, 3.8) is 0 Å². The summed E-state index contributed by atoms with van der Waals surface area (Å²) in [7, 11) is 0. The number of piperidine rings is 1. The highest BCUT2D eigenvalue weighted by atomic mass is 127. The Morgan fingerprint density at radius 2 is 1.96 bits per heavy atom. The van der Waals surface area contributed by atoms with E-state index in [9.17, 15) is 4.79 Å². The van der Waals surface area contributed by atoms with Crippen LogP contribution in [0.15, 0.2) is 29.3 Å². The van der Waals surface area contributed by atoms with Crippen LogP contribution >= 0.6 is 24.0 Å². The molecule has 1 aliphatic rings. The Morgan fingerprint density at radius 3 is 2.56 bits per heavy atom. The van der Waals surface area contributed by atoms with E-state index in [4.69, 9.17) is 9.73 Å². The van der Waals surface area contributed by atoms with Gasteiger partial charge in [0.2, 0.25) is 0 Å². The first-order valence-electron chi connectivity index (χ1n) is 8.90. The Kier molecular flexibility index (Phi) is 9.85. The number of esters is 1. The zero-order chi connectivity index (χ0) is 17.4. The highest BCUT2D eigenvalue weighted by molar-refractivity contribution is 14.0. The number of benzene rings is 1. The predicted octanol–water partition coefficient (Wildman–Crippen LogP) is 3.35. The van der Waals surface area contributed by atoms with Crippen molar-refractivity contribution in [1.82, 2.24) is 10.2 Å². The monoisotopic (exact) mass is 459 g/mol. The Morgan fingerprint density at radius 1 is 1.28 bits per heavy atom. The molecule has 0 spiro atoms. The Hall–Kier alpha value is -1.31. The van der Waals surface area contributed by atoms with E-state index in [2.05, 4.69) is 42.3 Å². The normalized spacial score (nSPS) is 15.5. The molecule has 0 aliphatic carbocycles. The highest BCUT2D eigenvalue weighted by Crippen LogP contribution is 2.19. The van der Waals surface area contributed by atoms with Crippen molar-refractivity contribution in [1.29, 1.82) is 0 Å². The standard InChI is InChI=1S/C19H29N3O2.HI/c1-4-20-19(21-14-17-9-7-6-8-15(17)3)22-12-10-16(11-13-22)18(23)24-5-2;/h6-9,16H,4-5,10-14H2,1-3H3,(H,20,21);1H. The molecule has 140 valence electrons. The van der Waals surface area contributed by atoms with Gasteiger partial charge >= 0.3 is 5.97 Å². The van der Waals surface area contributed by atoms with Gasteiger partial charge in [-0.1, -0.05) is 24.3 Å². The van der Waals surface area contributed by atoms with Crippen LogP contribution in [-0.4, -0.2) is 43.1 Å². The van der Waals surface area contributed by atoms with E-state index in [1.807, 2.05) is 13.0 Å². The van der Waals surface area contributed by atoms with Crippen LogP contribution in [0.2, 0.25) is 0 Å². The van der Waals surface area contributed by atoms with E-state index >= 15 is 0 Å². The summed E-state index contributed by atoms with van der Waals surface area (Å²) in [6.07, 6.45) is 1.65. The number of carbonyl (C=O) groups excluding carboxylic acids is 1. The Bertz CT molecular complexity index is 570. The van der Waals surface area contributed by atoms with Gasteiger partial charge < -0.3 is 15.0 Å². The molecular formula is C19H30IN3O2. The van der Waals surface area contributed by atoms with E-state index < -0.39 is 0 Å². The molecule has 0 aromatic heterocycles. The number of likely N-dealkylation sites (tertiary alicyclic amines) is 1. The summed E-state index contributed by atoms with van der Waals surface area (Å²) in [5.41, 5.74) is 2.51. The minimum absolute atomic E-state index is 0. The molecule has 25 heavy (non-hydrogen) atoms. The molecule has 0 atom stereocenters. The van der Waals surface area contributed by atoms with Crippen molar-refractivity contribution in [2.24, 2.45) is 10.9 Å². The van der Waals surface area contributed by atoms with Gasteiger partial charge in [0.05, 0.1) is 19.1 Å². The maximum Gasteiger partial charge on any atom is 0.309 e. The fourth-order valence-electron chi connectivity index (χ4n) is 2.96. The third-order valence-electron chi connectivity index (χ3n) is 4.41. The number of ether oxygens (including phenoxy) is 1. The van der Waals surface area contributed by atoms with Crippen LogP contribution in [0.25, 0.3) is 0 Å². The fraction of sp³-hybridized carbons (Fsp3) is 0.579. The van der Waals surface area contributed by atoms with Crippen molar-refractivity contribution >= 4 is 35.9 Å². The topological polar surface area (TPSA) is 53.9 Å².